The van der Waals surface area contributed by atoms with E-state index in [2.05, 4.69) is 43.7 Å². The summed E-state index contributed by atoms with van der Waals surface area (Å²) in [7, 11) is 4.79. The van der Waals surface area contributed by atoms with E-state index in [1.807, 2.05) is 63.1 Å². The summed E-state index contributed by atoms with van der Waals surface area (Å²) in [6.45, 7) is 18.0. The number of ether oxygens (including phenoxy) is 3. The summed E-state index contributed by atoms with van der Waals surface area (Å²) in [6, 6.07) is 13.8. The van der Waals surface area contributed by atoms with Gasteiger partial charge in [0.2, 0.25) is 29.5 Å². The van der Waals surface area contributed by atoms with Crippen molar-refractivity contribution < 1.29 is 67.0 Å². The van der Waals surface area contributed by atoms with Crippen LogP contribution in [0.25, 0.3) is 0 Å². The Kier molecular flexibility index (Phi) is 34.7. The van der Waals surface area contributed by atoms with E-state index in [-0.39, 0.29) is 118 Å². The van der Waals surface area contributed by atoms with E-state index in [9.17, 15) is 52.7 Å². The van der Waals surface area contributed by atoms with Crippen molar-refractivity contribution >= 4 is 81.8 Å². The molecule has 97 heavy (non-hydrogen) atoms. The number of likely N-dealkylation sites (tertiary alicyclic amines) is 1. The fourth-order valence-corrected chi connectivity index (χ4v) is 13.4. The molecular weight excluding hydrogens is 1260 g/mol. The van der Waals surface area contributed by atoms with Crippen LogP contribution in [0.5, 0.6) is 0 Å². The molecule has 0 spiro atoms. The van der Waals surface area contributed by atoms with E-state index in [0.717, 1.165) is 17.0 Å². The molecule has 24 nitrogen and oxygen atoms in total. The van der Waals surface area contributed by atoms with Crippen molar-refractivity contribution in [3.8, 4) is 0 Å². The van der Waals surface area contributed by atoms with Gasteiger partial charge in [-0.3, -0.25) is 43.2 Å². The van der Waals surface area contributed by atoms with Gasteiger partial charge in [0.15, 0.2) is 17.3 Å². The number of likely N-dealkylation sites (N-methyl/N-ethyl adjacent to an activating group) is 1. The number of carbonyl (C=O) groups is 11. The van der Waals surface area contributed by atoms with Gasteiger partial charge in [0.05, 0.1) is 53.8 Å². The second-order valence-electron chi connectivity index (χ2n) is 27.2. The lowest BCUT2D eigenvalue weighted by atomic mass is 9.83. The molecule has 2 aromatic carbocycles. The number of Topliss-reactive ketones (excluding diaryl/α,β-unsaturated/α-hetero) is 4. The Morgan fingerprint density at radius 2 is 1.45 bits per heavy atom. The average molecular weight is 1370 g/mol. The van der Waals surface area contributed by atoms with Gasteiger partial charge >= 0.3 is 12.1 Å². The number of carbonyl (C=O) groups excluding carboxylic acids is 11. The molecule has 1 aromatic heterocycles. The van der Waals surface area contributed by atoms with Crippen LogP contribution in [0.3, 0.4) is 0 Å². The van der Waals surface area contributed by atoms with Crippen molar-refractivity contribution in [2.45, 2.75) is 208 Å². The number of anilines is 1. The van der Waals surface area contributed by atoms with Crippen molar-refractivity contribution in [2.75, 3.05) is 52.8 Å². The first-order valence-corrected chi connectivity index (χ1v) is 35.1. The number of alkyl carbamates (subject to hydrolysis) is 1. The van der Waals surface area contributed by atoms with Crippen LogP contribution in [0.15, 0.2) is 66.2 Å². The summed E-state index contributed by atoms with van der Waals surface area (Å²) in [4.78, 5) is 157. The van der Waals surface area contributed by atoms with Crippen LogP contribution in [0.1, 0.15) is 175 Å². The van der Waals surface area contributed by atoms with Crippen LogP contribution in [0.4, 0.5) is 15.3 Å². The number of ketones is 4. The summed E-state index contributed by atoms with van der Waals surface area (Å²) in [6.07, 6.45) is 3.78. The van der Waals surface area contributed by atoms with Crippen molar-refractivity contribution in [3.05, 3.63) is 82.3 Å². The number of methoxy groups -OCH3 is 2. The van der Waals surface area contributed by atoms with Crippen LogP contribution in [-0.2, 0) is 70.4 Å². The number of unbranched alkanes of at least 4 members (excludes halogenated alkanes) is 1. The Bertz CT molecular complexity index is 3040. The standard InChI is InChI=1S/C72H110N10O14S/c1-14-46(6)64(60(94-12)41-62(88)82-34-21-26-57(82)65(95-13)47(7)58(85)39-53(68-75-33-35-97-68)36-49-22-16-15-17-23-49)81(11)69(91)56(44(2)3)40-61(87)72(9,10)80-71(93)96-43-50-27-29-54(30-28-50)78-66(89)52(25-20-32-76-70(74)92)38-59(86)63(45(4)5)79-67(90)51(24-18-19-31-73)37-55(84)42-77-48(8)83/h15-17,22-23,27-30,33,35,44-47,51-53,56-57,60,63-65H,14,18-21,24-26,31-32,34,36-43,73H2,1-13H3,(H,77,83)(H,78,89)(H,79,90)(H,80,93)(H3,74,76,92)/t46-,47-,51+,52+,53+,56-,57-,60+,63-,64-,65+/m0/s1. The Labute approximate surface area is 577 Å². The number of thiazole rings is 1. The lowest BCUT2D eigenvalue weighted by Gasteiger charge is -2.41. The number of benzene rings is 2. The largest absolute Gasteiger partial charge is 0.445 e. The third kappa shape index (κ3) is 26.4. The number of nitrogens with zero attached hydrogens (tertiary/aromatic N) is 3. The first-order valence-electron chi connectivity index (χ1n) is 34.2. The van der Waals surface area contributed by atoms with Gasteiger partial charge in [-0.1, -0.05) is 104 Å². The molecule has 9 N–H and O–H groups in total. The minimum Gasteiger partial charge on any atom is -0.445 e. The second kappa shape index (κ2) is 41.1. The summed E-state index contributed by atoms with van der Waals surface area (Å²) in [5.74, 6) is -7.04. The highest BCUT2D eigenvalue weighted by molar-refractivity contribution is 7.09. The molecule has 2 heterocycles. The molecular formula is C72H110N10O14S. The van der Waals surface area contributed by atoms with E-state index < -0.39 is 94.9 Å². The summed E-state index contributed by atoms with van der Waals surface area (Å²) >= 11 is 1.53. The molecule has 0 aliphatic carbocycles. The molecule has 1 aliphatic rings. The molecule has 0 radical (unpaired) electrons. The zero-order valence-electron chi connectivity index (χ0n) is 59.4. The minimum absolute atomic E-state index is 0.0312. The van der Waals surface area contributed by atoms with Gasteiger partial charge in [0, 0.05) is 114 Å². The maximum absolute atomic E-state index is 14.8. The number of nitrogens with two attached hydrogens (primary N) is 2. The van der Waals surface area contributed by atoms with E-state index >= 15 is 0 Å². The molecule has 8 amide bonds. The summed E-state index contributed by atoms with van der Waals surface area (Å²) in [5.41, 5.74) is 11.5. The maximum Gasteiger partial charge on any atom is 0.408 e. The quantitative estimate of drug-likeness (QED) is 0.0262. The normalized spacial score (nSPS) is 16.3. The van der Waals surface area contributed by atoms with Crippen LogP contribution in [-0.4, -0.2) is 163 Å². The number of rotatable bonds is 44. The third-order valence-electron chi connectivity index (χ3n) is 18.7. The fraction of sp³-hybridized carbons (Fsp3) is 0.639. The fourth-order valence-electron chi connectivity index (χ4n) is 12.7. The van der Waals surface area contributed by atoms with Crippen LogP contribution in [0, 0.1) is 41.4 Å². The second-order valence-corrected chi connectivity index (χ2v) is 28.1. The van der Waals surface area contributed by atoms with E-state index in [0.29, 0.717) is 62.9 Å². The molecule has 11 atom stereocenters. The van der Waals surface area contributed by atoms with Crippen molar-refractivity contribution in [1.29, 1.82) is 0 Å². The molecule has 0 bridgehead atoms. The number of primary amides is 1. The average Bonchev–Trinajstić information content (AvgIpc) is 1.80. The lowest BCUT2D eigenvalue weighted by Crippen LogP contribution is -2.55. The van der Waals surface area contributed by atoms with Gasteiger partial charge in [-0.15, -0.1) is 11.3 Å². The topological polar surface area (TPSA) is 347 Å². The molecule has 1 fully saturated rings. The van der Waals surface area contributed by atoms with Crippen LogP contribution in [0.2, 0.25) is 0 Å². The van der Waals surface area contributed by atoms with Gasteiger partial charge in [-0.2, -0.15) is 0 Å². The Morgan fingerprint density at radius 1 is 0.784 bits per heavy atom. The predicted molar refractivity (Wildman–Crippen MR) is 373 cm³/mol. The van der Waals surface area contributed by atoms with Crippen LogP contribution >= 0.6 is 11.3 Å². The number of hydrogen-bond acceptors (Lipinski definition) is 17. The zero-order chi connectivity index (χ0) is 72.1. The first kappa shape index (κ1) is 81.9. The molecule has 0 unspecified atom stereocenters. The van der Waals surface area contributed by atoms with Gasteiger partial charge in [0.1, 0.15) is 12.4 Å². The van der Waals surface area contributed by atoms with Crippen molar-refractivity contribution in [3.63, 3.8) is 0 Å². The van der Waals surface area contributed by atoms with Crippen LogP contribution < -0.4 is 38.1 Å². The van der Waals surface area contributed by atoms with Gasteiger partial charge in [-0.25, -0.2) is 14.6 Å². The SMILES string of the molecule is CC[C@H](C)[C@@H]([C@@H](CC(=O)N1CCC[C@H]1[C@H](OC)[C@@H](C)C(=O)C[C@@H](Cc1ccccc1)c1nccs1)OC)N(C)C(=O)[C@@H](CC(=O)C(C)(C)NC(=O)OCc1ccc(NC(=O)[C@H](CCCNC(N)=O)CC(=O)[C@@H](NC(=O)[C@H](CCCCN)CC(=O)CNC(C)=O)C(C)C)cc1)C(C)C. The van der Waals surface area contributed by atoms with E-state index in [1.54, 1.807) is 63.4 Å². The number of nitrogens with one attached hydrogen (secondary N) is 5. The Balaban J connectivity index is 1.38. The number of urea groups is 1. The molecule has 4 rings (SSSR count). The Morgan fingerprint density at radius 3 is 2.04 bits per heavy atom. The Hall–Kier alpha value is -7.48. The number of hydrogen-bond donors (Lipinski definition) is 7. The number of aromatic nitrogens is 1. The van der Waals surface area contributed by atoms with E-state index in [1.165, 1.54) is 39.2 Å². The lowest BCUT2D eigenvalue weighted by molar-refractivity contribution is -0.149. The molecule has 0 saturated carbocycles. The summed E-state index contributed by atoms with van der Waals surface area (Å²) in [5, 5.41) is 16.1. The monoisotopic (exact) mass is 1370 g/mol. The highest BCUT2D eigenvalue weighted by atomic mass is 32.1. The molecule has 1 aliphatic heterocycles. The van der Waals surface area contributed by atoms with Crippen molar-refractivity contribution in [2.24, 2.45) is 52.9 Å². The number of amides is 8. The van der Waals surface area contributed by atoms with E-state index in [4.69, 9.17) is 25.7 Å². The van der Waals surface area contributed by atoms with Gasteiger partial charge in [-0.05, 0) is 106 Å². The smallest absolute Gasteiger partial charge is 0.408 e. The summed E-state index contributed by atoms with van der Waals surface area (Å²) < 4.78 is 17.8. The molecule has 1 saturated heterocycles. The third-order valence-corrected chi connectivity index (χ3v) is 19.6. The maximum atomic E-state index is 14.8. The van der Waals surface area contributed by atoms with Gasteiger partial charge < -0.3 is 62.1 Å². The highest BCUT2D eigenvalue weighted by Gasteiger charge is 2.44. The molecule has 25 heteroatoms. The molecule has 538 valence electrons. The predicted octanol–water partition coefficient (Wildman–Crippen LogP) is 8.23. The zero-order valence-corrected chi connectivity index (χ0v) is 60.2. The highest BCUT2D eigenvalue weighted by Crippen LogP contribution is 2.34. The molecule has 3 aromatic rings. The first-order chi connectivity index (χ1) is 46.0. The minimum atomic E-state index is -1.48. The van der Waals surface area contributed by atoms with Crippen molar-refractivity contribution in [1.82, 2.24) is 36.1 Å². The van der Waals surface area contributed by atoms with Gasteiger partial charge in [0.25, 0.3) is 0 Å².